The van der Waals surface area contributed by atoms with Gasteiger partial charge in [0, 0.05) is 12.1 Å². The summed E-state index contributed by atoms with van der Waals surface area (Å²) >= 11 is 0. The largest absolute Gasteiger partial charge is 0.497 e. The zero-order valence-electron chi connectivity index (χ0n) is 12.0. The van der Waals surface area contributed by atoms with Crippen molar-refractivity contribution in [2.24, 2.45) is 0 Å². The van der Waals surface area contributed by atoms with Gasteiger partial charge >= 0.3 is 5.97 Å². The fourth-order valence-corrected chi connectivity index (χ4v) is 2.10. The third kappa shape index (κ3) is 3.01. The number of carboxylic acids is 1. The minimum absolute atomic E-state index is 0.0358. The smallest absolute Gasteiger partial charge is 0.335 e. The highest BCUT2D eigenvalue weighted by Gasteiger charge is 2.22. The van der Waals surface area contributed by atoms with Crippen molar-refractivity contribution in [2.45, 2.75) is 6.10 Å². The summed E-state index contributed by atoms with van der Waals surface area (Å²) in [6.45, 7) is 0. The van der Waals surface area contributed by atoms with Gasteiger partial charge in [0.05, 0.1) is 25.3 Å². The molecule has 0 saturated carbocycles. The van der Waals surface area contributed by atoms with Gasteiger partial charge in [-0.3, -0.25) is 0 Å². The van der Waals surface area contributed by atoms with E-state index in [1.165, 1.54) is 44.6 Å². The van der Waals surface area contributed by atoms with Crippen LogP contribution in [0.3, 0.4) is 0 Å². The highest BCUT2D eigenvalue weighted by Crippen LogP contribution is 2.35. The first kappa shape index (κ1) is 15.8. The summed E-state index contributed by atoms with van der Waals surface area (Å²) in [4.78, 5) is 10.8. The lowest BCUT2D eigenvalue weighted by molar-refractivity contribution is 0.0696. The highest BCUT2D eigenvalue weighted by atomic mass is 19.1. The number of methoxy groups -OCH3 is 2. The standard InChI is InChI=1S/C16H15FO5/c1-21-11-7-12(17)14(13(8-11)22-2)15(18)9-3-5-10(6-4-9)16(19)20/h3-8,15,18H,1-2H3,(H,19,20). The summed E-state index contributed by atoms with van der Waals surface area (Å²) in [7, 11) is 2.76. The first-order chi connectivity index (χ1) is 10.5. The van der Waals surface area contributed by atoms with Gasteiger partial charge in [-0.25, -0.2) is 9.18 Å². The van der Waals surface area contributed by atoms with Crippen molar-refractivity contribution in [3.63, 3.8) is 0 Å². The summed E-state index contributed by atoms with van der Waals surface area (Å²) in [5.41, 5.74) is 0.400. The van der Waals surface area contributed by atoms with Gasteiger partial charge in [-0.05, 0) is 17.7 Å². The average Bonchev–Trinajstić information content (AvgIpc) is 2.53. The monoisotopic (exact) mass is 306 g/mol. The molecule has 0 radical (unpaired) electrons. The normalized spacial score (nSPS) is 11.8. The Morgan fingerprint density at radius 3 is 2.27 bits per heavy atom. The highest BCUT2D eigenvalue weighted by molar-refractivity contribution is 5.87. The number of aliphatic hydroxyl groups is 1. The molecule has 5 nitrogen and oxygen atoms in total. The van der Waals surface area contributed by atoms with Crippen LogP contribution < -0.4 is 9.47 Å². The average molecular weight is 306 g/mol. The van der Waals surface area contributed by atoms with Crippen LogP contribution in [0.25, 0.3) is 0 Å². The van der Waals surface area contributed by atoms with Crippen LogP contribution in [0.15, 0.2) is 36.4 Å². The van der Waals surface area contributed by atoms with Crippen molar-refractivity contribution in [1.29, 1.82) is 0 Å². The second kappa shape index (κ2) is 6.44. The summed E-state index contributed by atoms with van der Waals surface area (Å²) < 4.78 is 24.3. The molecule has 0 aliphatic carbocycles. The molecule has 0 aliphatic heterocycles. The first-order valence-electron chi connectivity index (χ1n) is 6.40. The number of carbonyl (C=O) groups is 1. The second-order valence-electron chi connectivity index (χ2n) is 4.55. The Labute approximate surface area is 126 Å². The molecule has 22 heavy (non-hydrogen) atoms. The molecule has 2 N–H and O–H groups in total. The van der Waals surface area contributed by atoms with Gasteiger partial charge < -0.3 is 19.7 Å². The van der Waals surface area contributed by atoms with Gasteiger partial charge in [-0.1, -0.05) is 12.1 Å². The second-order valence-corrected chi connectivity index (χ2v) is 4.55. The van der Waals surface area contributed by atoms with Crippen LogP contribution in [-0.4, -0.2) is 30.4 Å². The molecular weight excluding hydrogens is 291 g/mol. The van der Waals surface area contributed by atoms with Gasteiger partial charge in [0.15, 0.2) is 0 Å². The number of carboxylic acid groups (broad SMARTS) is 1. The van der Waals surface area contributed by atoms with E-state index in [2.05, 4.69) is 0 Å². The molecule has 0 heterocycles. The van der Waals surface area contributed by atoms with Crippen LogP contribution in [0.4, 0.5) is 4.39 Å². The van der Waals surface area contributed by atoms with Gasteiger partial charge in [0.1, 0.15) is 23.4 Å². The fourth-order valence-electron chi connectivity index (χ4n) is 2.10. The van der Waals surface area contributed by atoms with Crippen LogP contribution in [0.1, 0.15) is 27.6 Å². The van der Waals surface area contributed by atoms with E-state index >= 15 is 0 Å². The minimum atomic E-state index is -1.29. The van der Waals surface area contributed by atoms with E-state index in [1.807, 2.05) is 0 Å². The molecule has 0 aliphatic rings. The van der Waals surface area contributed by atoms with Crippen molar-refractivity contribution >= 4 is 5.97 Å². The molecule has 2 aromatic carbocycles. The Morgan fingerprint density at radius 1 is 1.14 bits per heavy atom. The van der Waals surface area contributed by atoms with Crippen molar-refractivity contribution in [3.8, 4) is 11.5 Å². The van der Waals surface area contributed by atoms with Crippen molar-refractivity contribution in [2.75, 3.05) is 14.2 Å². The fraction of sp³-hybridized carbons (Fsp3) is 0.188. The number of aliphatic hydroxyl groups excluding tert-OH is 1. The molecule has 0 aromatic heterocycles. The first-order valence-corrected chi connectivity index (χ1v) is 6.40. The molecule has 6 heteroatoms. The van der Waals surface area contributed by atoms with Gasteiger partial charge in [0.25, 0.3) is 0 Å². The van der Waals surface area contributed by atoms with E-state index in [1.54, 1.807) is 0 Å². The third-order valence-electron chi connectivity index (χ3n) is 3.27. The quantitative estimate of drug-likeness (QED) is 0.888. The molecule has 2 rings (SSSR count). The van der Waals surface area contributed by atoms with E-state index in [0.29, 0.717) is 5.56 Å². The van der Waals surface area contributed by atoms with Gasteiger partial charge in [0.2, 0.25) is 0 Å². The summed E-state index contributed by atoms with van der Waals surface area (Å²) in [5.74, 6) is -1.33. The number of hydrogen-bond donors (Lipinski definition) is 2. The molecule has 0 spiro atoms. The third-order valence-corrected chi connectivity index (χ3v) is 3.27. The molecule has 1 unspecified atom stereocenters. The van der Waals surface area contributed by atoms with E-state index < -0.39 is 17.9 Å². The van der Waals surface area contributed by atoms with Crippen LogP contribution >= 0.6 is 0 Å². The number of rotatable bonds is 5. The lowest BCUT2D eigenvalue weighted by Crippen LogP contribution is -2.06. The lowest BCUT2D eigenvalue weighted by Gasteiger charge is -2.17. The molecule has 1 atom stereocenters. The molecule has 2 aromatic rings. The van der Waals surface area contributed by atoms with E-state index in [4.69, 9.17) is 14.6 Å². The molecule has 116 valence electrons. The molecular formula is C16H15FO5. The molecule has 0 amide bonds. The lowest BCUT2D eigenvalue weighted by atomic mass is 9.98. The predicted molar refractivity (Wildman–Crippen MR) is 77.0 cm³/mol. The Kier molecular flexibility index (Phi) is 4.62. The maximum atomic E-state index is 14.2. The Bertz CT molecular complexity index is 682. The Balaban J connectivity index is 2.44. The summed E-state index contributed by atoms with van der Waals surface area (Å²) in [6, 6.07) is 8.15. The summed E-state index contributed by atoms with van der Waals surface area (Å²) in [5, 5.41) is 19.2. The van der Waals surface area contributed by atoms with Crippen LogP contribution in [-0.2, 0) is 0 Å². The molecule has 0 bridgehead atoms. The molecule has 0 fully saturated rings. The molecule has 0 saturated heterocycles. The Hall–Kier alpha value is -2.60. The van der Waals surface area contributed by atoms with Crippen molar-refractivity contribution in [1.82, 2.24) is 0 Å². The number of hydrogen-bond acceptors (Lipinski definition) is 4. The van der Waals surface area contributed by atoms with E-state index in [-0.39, 0.29) is 22.6 Å². The topological polar surface area (TPSA) is 76.0 Å². The predicted octanol–water partition coefficient (Wildman–Crippen LogP) is 2.62. The van der Waals surface area contributed by atoms with Crippen LogP contribution in [0.5, 0.6) is 11.5 Å². The van der Waals surface area contributed by atoms with Crippen LogP contribution in [0, 0.1) is 5.82 Å². The zero-order chi connectivity index (χ0) is 16.3. The van der Waals surface area contributed by atoms with Crippen molar-refractivity contribution in [3.05, 3.63) is 58.9 Å². The number of ether oxygens (including phenoxy) is 2. The minimum Gasteiger partial charge on any atom is -0.497 e. The van der Waals surface area contributed by atoms with Crippen molar-refractivity contribution < 1.29 is 28.9 Å². The zero-order valence-corrected chi connectivity index (χ0v) is 12.0. The maximum absolute atomic E-state index is 14.2. The van der Waals surface area contributed by atoms with Gasteiger partial charge in [-0.2, -0.15) is 0 Å². The van der Waals surface area contributed by atoms with Crippen LogP contribution in [0.2, 0.25) is 0 Å². The SMILES string of the molecule is COc1cc(F)c(C(O)c2ccc(C(=O)O)cc2)c(OC)c1. The number of aromatic carboxylic acids is 1. The number of benzene rings is 2. The number of halogens is 1. The Morgan fingerprint density at radius 2 is 1.77 bits per heavy atom. The van der Waals surface area contributed by atoms with E-state index in [9.17, 15) is 14.3 Å². The van der Waals surface area contributed by atoms with Gasteiger partial charge in [-0.15, -0.1) is 0 Å². The maximum Gasteiger partial charge on any atom is 0.335 e. The van der Waals surface area contributed by atoms with E-state index in [0.717, 1.165) is 6.07 Å². The summed E-state index contributed by atoms with van der Waals surface area (Å²) in [6.07, 6.45) is -1.29.